The number of ether oxygens (including phenoxy) is 1. The molecule has 0 aromatic carbocycles. The normalized spacial score (nSPS) is 15.0. The second-order valence-electron chi connectivity index (χ2n) is 6.07. The van der Waals surface area contributed by atoms with E-state index in [1.54, 1.807) is 18.3 Å². The number of nitrogens with zero attached hydrogens (tertiary/aromatic N) is 4. The molecule has 0 unspecified atom stereocenters. The fourth-order valence-corrected chi connectivity index (χ4v) is 2.84. The summed E-state index contributed by atoms with van der Waals surface area (Å²) in [6, 6.07) is 6.90. The second kappa shape index (κ2) is 7.21. The Balaban J connectivity index is 1.58. The summed E-state index contributed by atoms with van der Waals surface area (Å²) < 4.78 is 6.74. The van der Waals surface area contributed by atoms with Gasteiger partial charge in [0.2, 0.25) is 5.88 Å². The van der Waals surface area contributed by atoms with Gasteiger partial charge in [-0.25, -0.2) is 9.78 Å². The summed E-state index contributed by atoms with van der Waals surface area (Å²) in [5, 5.41) is 9.05. The Hall–Kier alpha value is -3.08. The van der Waals surface area contributed by atoms with E-state index < -0.39 is 5.69 Å². The highest BCUT2D eigenvalue weighted by Crippen LogP contribution is 2.22. The molecule has 0 bridgehead atoms. The predicted octanol–water partition coefficient (Wildman–Crippen LogP) is 0.636. The number of nitrogens with one attached hydrogen (secondary N) is 1. The van der Waals surface area contributed by atoms with Gasteiger partial charge in [-0.15, -0.1) is 0 Å². The summed E-state index contributed by atoms with van der Waals surface area (Å²) in [7, 11) is 1.45. The number of piperidine rings is 1. The Morgan fingerprint density at radius 3 is 2.84 bits per heavy atom. The number of hydrogen-bond acceptors (Lipinski definition) is 6. The van der Waals surface area contributed by atoms with Crippen molar-refractivity contribution in [1.29, 1.82) is 5.26 Å². The molecule has 1 fully saturated rings. The quantitative estimate of drug-likeness (QED) is 0.875. The zero-order chi connectivity index (χ0) is 17.8. The van der Waals surface area contributed by atoms with E-state index in [0.717, 1.165) is 30.5 Å². The van der Waals surface area contributed by atoms with Crippen molar-refractivity contribution in [3.63, 3.8) is 0 Å². The Kier molecular flexibility index (Phi) is 4.84. The summed E-state index contributed by atoms with van der Waals surface area (Å²) in [6.07, 6.45) is 3.34. The standard InChI is InChI=1S/C17H19N5O3/c1-21-15(23)9-14(20-17(21)24)22-7-4-12(5-8-22)11-25-16-13(10-18)3-2-6-19-16/h2-3,6,9,12H,4-5,7-8,11H2,1H3,(H,20,24). The lowest BCUT2D eigenvalue weighted by molar-refractivity contribution is 0.215. The third kappa shape index (κ3) is 3.71. The predicted molar refractivity (Wildman–Crippen MR) is 91.7 cm³/mol. The summed E-state index contributed by atoms with van der Waals surface area (Å²) >= 11 is 0. The Morgan fingerprint density at radius 2 is 2.16 bits per heavy atom. The topological polar surface area (TPSA) is 104 Å². The molecular weight excluding hydrogens is 322 g/mol. The Labute approximate surface area is 144 Å². The van der Waals surface area contributed by atoms with E-state index in [0.29, 0.717) is 29.8 Å². The van der Waals surface area contributed by atoms with Gasteiger partial charge < -0.3 is 9.64 Å². The zero-order valence-corrected chi connectivity index (χ0v) is 13.9. The number of aromatic nitrogens is 3. The van der Waals surface area contributed by atoms with Crippen LogP contribution in [0, 0.1) is 17.2 Å². The lowest BCUT2D eigenvalue weighted by Gasteiger charge is -2.32. The van der Waals surface area contributed by atoms with E-state index in [4.69, 9.17) is 10.00 Å². The molecule has 0 spiro atoms. The summed E-state index contributed by atoms with van der Waals surface area (Å²) in [6.45, 7) is 1.95. The molecule has 2 aromatic rings. The van der Waals surface area contributed by atoms with Crippen LogP contribution in [0.3, 0.4) is 0 Å². The first-order valence-electron chi connectivity index (χ1n) is 8.11. The van der Waals surface area contributed by atoms with E-state index in [2.05, 4.69) is 16.0 Å². The molecular formula is C17H19N5O3. The molecule has 0 saturated carbocycles. The number of anilines is 1. The van der Waals surface area contributed by atoms with Gasteiger partial charge in [0.15, 0.2) is 0 Å². The van der Waals surface area contributed by atoms with Crippen LogP contribution in [0.15, 0.2) is 34.0 Å². The molecule has 0 amide bonds. The van der Waals surface area contributed by atoms with E-state index in [1.807, 2.05) is 4.90 Å². The first kappa shape index (κ1) is 16.8. The van der Waals surface area contributed by atoms with E-state index in [9.17, 15) is 9.59 Å². The molecule has 8 heteroatoms. The molecule has 8 nitrogen and oxygen atoms in total. The summed E-state index contributed by atoms with van der Waals surface area (Å²) in [5.41, 5.74) is -0.298. The number of rotatable bonds is 4. The van der Waals surface area contributed by atoms with Crippen LogP contribution < -0.4 is 20.9 Å². The van der Waals surface area contributed by atoms with Crippen molar-refractivity contribution >= 4 is 5.82 Å². The molecule has 0 aliphatic carbocycles. The number of nitriles is 1. The molecule has 25 heavy (non-hydrogen) atoms. The molecule has 1 N–H and O–H groups in total. The average Bonchev–Trinajstić information content (AvgIpc) is 2.64. The lowest BCUT2D eigenvalue weighted by atomic mass is 9.98. The van der Waals surface area contributed by atoms with Crippen molar-refractivity contribution in [3.8, 4) is 11.9 Å². The minimum Gasteiger partial charge on any atom is -0.476 e. The van der Waals surface area contributed by atoms with Crippen LogP contribution >= 0.6 is 0 Å². The van der Waals surface area contributed by atoms with Crippen LogP contribution in [0.5, 0.6) is 5.88 Å². The molecule has 3 rings (SSSR count). The van der Waals surface area contributed by atoms with E-state index >= 15 is 0 Å². The number of pyridine rings is 1. The van der Waals surface area contributed by atoms with Crippen LogP contribution in [0.4, 0.5) is 5.82 Å². The van der Waals surface area contributed by atoms with Gasteiger partial charge in [-0.2, -0.15) is 5.26 Å². The van der Waals surface area contributed by atoms with Crippen LogP contribution in [0.1, 0.15) is 18.4 Å². The third-order valence-electron chi connectivity index (χ3n) is 4.43. The summed E-state index contributed by atoms with van der Waals surface area (Å²) in [4.78, 5) is 32.3. The lowest BCUT2D eigenvalue weighted by Crippen LogP contribution is -2.40. The second-order valence-corrected chi connectivity index (χ2v) is 6.07. The maximum Gasteiger partial charge on any atom is 0.329 e. The van der Waals surface area contributed by atoms with Crippen molar-refractivity contribution in [2.75, 3.05) is 24.6 Å². The van der Waals surface area contributed by atoms with Gasteiger partial charge in [-0.3, -0.25) is 14.3 Å². The smallest absolute Gasteiger partial charge is 0.329 e. The fourth-order valence-electron chi connectivity index (χ4n) is 2.84. The third-order valence-corrected chi connectivity index (χ3v) is 4.43. The van der Waals surface area contributed by atoms with Crippen molar-refractivity contribution < 1.29 is 4.74 Å². The van der Waals surface area contributed by atoms with Gasteiger partial charge in [0.25, 0.3) is 5.56 Å². The van der Waals surface area contributed by atoms with Crippen molar-refractivity contribution in [1.82, 2.24) is 14.5 Å². The molecule has 2 aromatic heterocycles. The molecule has 1 aliphatic heterocycles. The SMILES string of the molecule is Cn1c(=O)cc(N2CCC(COc3ncccc3C#N)CC2)[nH]c1=O. The minimum absolute atomic E-state index is 0.316. The van der Waals surface area contributed by atoms with Crippen molar-refractivity contribution in [2.24, 2.45) is 13.0 Å². The number of aromatic amines is 1. The van der Waals surface area contributed by atoms with Gasteiger partial charge in [-0.1, -0.05) is 0 Å². The molecule has 1 aliphatic rings. The molecule has 1 saturated heterocycles. The van der Waals surface area contributed by atoms with Crippen molar-refractivity contribution in [2.45, 2.75) is 12.8 Å². The summed E-state index contributed by atoms with van der Waals surface area (Å²) in [5.74, 6) is 1.26. The first-order valence-corrected chi connectivity index (χ1v) is 8.11. The van der Waals surface area contributed by atoms with E-state index in [1.165, 1.54) is 13.1 Å². The van der Waals surface area contributed by atoms with Crippen molar-refractivity contribution in [3.05, 3.63) is 50.8 Å². The highest BCUT2D eigenvalue weighted by Gasteiger charge is 2.21. The molecule has 0 atom stereocenters. The molecule has 0 radical (unpaired) electrons. The monoisotopic (exact) mass is 341 g/mol. The van der Waals surface area contributed by atoms with E-state index in [-0.39, 0.29) is 5.56 Å². The number of hydrogen-bond donors (Lipinski definition) is 1. The van der Waals surface area contributed by atoms with Gasteiger partial charge in [0, 0.05) is 32.4 Å². The maximum atomic E-state index is 11.8. The van der Waals surface area contributed by atoms with Gasteiger partial charge >= 0.3 is 5.69 Å². The molecule has 130 valence electrons. The van der Waals surface area contributed by atoms with Crippen LogP contribution in [0.25, 0.3) is 0 Å². The maximum absolute atomic E-state index is 11.8. The highest BCUT2D eigenvalue weighted by atomic mass is 16.5. The molecule has 3 heterocycles. The highest BCUT2D eigenvalue weighted by molar-refractivity contribution is 5.38. The Bertz CT molecular complexity index is 872. The van der Waals surface area contributed by atoms with Crippen LogP contribution in [-0.2, 0) is 7.05 Å². The van der Waals surface area contributed by atoms with Crippen LogP contribution in [0.2, 0.25) is 0 Å². The van der Waals surface area contributed by atoms with Crippen LogP contribution in [-0.4, -0.2) is 34.2 Å². The Morgan fingerprint density at radius 1 is 1.40 bits per heavy atom. The van der Waals surface area contributed by atoms with Gasteiger partial charge in [-0.05, 0) is 30.9 Å². The largest absolute Gasteiger partial charge is 0.476 e. The number of H-pyrrole nitrogens is 1. The first-order chi connectivity index (χ1) is 12.1. The van der Waals surface area contributed by atoms with Gasteiger partial charge in [0.1, 0.15) is 17.5 Å². The zero-order valence-electron chi connectivity index (χ0n) is 13.9. The average molecular weight is 341 g/mol. The fraction of sp³-hybridized carbons (Fsp3) is 0.412. The minimum atomic E-state index is -0.410. The van der Waals surface area contributed by atoms with Gasteiger partial charge in [0.05, 0.1) is 6.61 Å².